The zero-order chi connectivity index (χ0) is 12.0. The molecule has 1 aromatic carbocycles. The van der Waals surface area contributed by atoms with Gasteiger partial charge in [0.05, 0.1) is 25.4 Å². The Balaban J connectivity index is 2.75. The van der Waals surface area contributed by atoms with Crippen LogP contribution in [0.3, 0.4) is 0 Å². The van der Waals surface area contributed by atoms with Gasteiger partial charge in [0.25, 0.3) is 0 Å². The molecule has 0 saturated carbocycles. The van der Waals surface area contributed by atoms with E-state index in [1.165, 1.54) is 0 Å². The molecular weight excluding hydrogens is 208 g/mol. The predicted molar refractivity (Wildman–Crippen MR) is 60.0 cm³/mol. The van der Waals surface area contributed by atoms with E-state index in [0.29, 0.717) is 12.8 Å². The van der Waals surface area contributed by atoms with Crippen LogP contribution < -0.4 is 0 Å². The number of aliphatic hydroxyl groups excluding tert-OH is 4. The molecule has 0 aromatic heterocycles. The normalized spacial score (nSPS) is 14.8. The second kappa shape index (κ2) is 6.60. The second-order valence-electron chi connectivity index (χ2n) is 3.85. The number of benzene rings is 1. The number of rotatable bonds is 6. The molecule has 1 aromatic rings. The summed E-state index contributed by atoms with van der Waals surface area (Å²) < 4.78 is 0. The van der Waals surface area contributed by atoms with Crippen LogP contribution in [0.1, 0.15) is 11.1 Å². The van der Waals surface area contributed by atoms with Crippen LogP contribution in [0.15, 0.2) is 24.3 Å². The Morgan fingerprint density at radius 2 is 1.19 bits per heavy atom. The quantitative estimate of drug-likeness (QED) is 0.526. The molecular formula is C12H18O4. The van der Waals surface area contributed by atoms with E-state index in [9.17, 15) is 10.2 Å². The first-order valence-corrected chi connectivity index (χ1v) is 5.32. The first-order valence-electron chi connectivity index (χ1n) is 5.32. The van der Waals surface area contributed by atoms with E-state index < -0.39 is 12.2 Å². The Morgan fingerprint density at radius 3 is 1.50 bits per heavy atom. The molecule has 4 heteroatoms. The number of hydrogen-bond donors (Lipinski definition) is 4. The summed E-state index contributed by atoms with van der Waals surface area (Å²) in [4.78, 5) is 0. The van der Waals surface area contributed by atoms with Gasteiger partial charge in [-0.2, -0.15) is 0 Å². The van der Waals surface area contributed by atoms with Gasteiger partial charge in [-0.15, -0.1) is 0 Å². The molecule has 0 spiro atoms. The topological polar surface area (TPSA) is 80.9 Å². The Bertz CT molecular complexity index is 283. The van der Waals surface area contributed by atoms with Crippen LogP contribution in [0, 0.1) is 0 Å². The summed E-state index contributed by atoms with van der Waals surface area (Å²) in [6.07, 6.45) is -0.866. The van der Waals surface area contributed by atoms with Crippen molar-refractivity contribution in [3.63, 3.8) is 0 Å². The Labute approximate surface area is 94.8 Å². The maximum absolute atomic E-state index is 9.37. The second-order valence-corrected chi connectivity index (χ2v) is 3.85. The van der Waals surface area contributed by atoms with E-state index in [4.69, 9.17) is 10.2 Å². The van der Waals surface area contributed by atoms with Crippen molar-refractivity contribution in [2.24, 2.45) is 0 Å². The van der Waals surface area contributed by atoms with Crippen molar-refractivity contribution in [3.8, 4) is 0 Å². The summed E-state index contributed by atoms with van der Waals surface area (Å²) in [5, 5.41) is 36.3. The summed E-state index contributed by atoms with van der Waals surface area (Å²) in [7, 11) is 0. The average molecular weight is 226 g/mol. The van der Waals surface area contributed by atoms with Gasteiger partial charge in [-0.3, -0.25) is 0 Å². The molecule has 4 N–H and O–H groups in total. The van der Waals surface area contributed by atoms with Gasteiger partial charge < -0.3 is 20.4 Å². The minimum Gasteiger partial charge on any atom is -0.394 e. The highest BCUT2D eigenvalue weighted by Gasteiger charge is 2.10. The zero-order valence-electron chi connectivity index (χ0n) is 9.08. The van der Waals surface area contributed by atoms with E-state index in [2.05, 4.69) is 0 Å². The molecule has 2 atom stereocenters. The van der Waals surface area contributed by atoms with Crippen LogP contribution in [-0.4, -0.2) is 45.8 Å². The lowest BCUT2D eigenvalue weighted by Gasteiger charge is -2.14. The fraction of sp³-hybridized carbons (Fsp3) is 0.500. The van der Waals surface area contributed by atoms with E-state index >= 15 is 0 Å². The molecule has 0 fully saturated rings. The van der Waals surface area contributed by atoms with Crippen molar-refractivity contribution in [3.05, 3.63) is 35.4 Å². The largest absolute Gasteiger partial charge is 0.394 e. The van der Waals surface area contributed by atoms with E-state index in [1.54, 1.807) is 0 Å². The van der Waals surface area contributed by atoms with Crippen molar-refractivity contribution >= 4 is 0 Å². The molecule has 90 valence electrons. The monoisotopic (exact) mass is 226 g/mol. The van der Waals surface area contributed by atoms with Gasteiger partial charge in [0, 0.05) is 12.8 Å². The first-order chi connectivity index (χ1) is 7.67. The number of hydrogen-bond acceptors (Lipinski definition) is 4. The fourth-order valence-corrected chi connectivity index (χ4v) is 1.59. The summed E-state index contributed by atoms with van der Waals surface area (Å²) in [6, 6.07) is 7.37. The molecule has 0 bridgehead atoms. The van der Waals surface area contributed by atoms with E-state index in [-0.39, 0.29) is 13.2 Å². The molecule has 16 heavy (non-hydrogen) atoms. The molecule has 4 nitrogen and oxygen atoms in total. The van der Waals surface area contributed by atoms with Gasteiger partial charge in [0.2, 0.25) is 0 Å². The average Bonchev–Trinajstić information content (AvgIpc) is 2.31. The highest BCUT2D eigenvalue weighted by Crippen LogP contribution is 2.13. The van der Waals surface area contributed by atoms with Gasteiger partial charge in [-0.25, -0.2) is 0 Å². The number of aliphatic hydroxyl groups is 4. The molecule has 0 aliphatic heterocycles. The molecule has 1 rings (SSSR count). The van der Waals surface area contributed by atoms with Gasteiger partial charge in [-0.1, -0.05) is 24.3 Å². The maximum Gasteiger partial charge on any atom is 0.0811 e. The summed E-state index contributed by atoms with van der Waals surface area (Å²) >= 11 is 0. The minimum absolute atomic E-state index is 0.281. The van der Waals surface area contributed by atoms with E-state index in [0.717, 1.165) is 11.1 Å². The van der Waals surface area contributed by atoms with Crippen molar-refractivity contribution in [2.75, 3.05) is 13.2 Å². The third-order valence-corrected chi connectivity index (χ3v) is 2.45. The van der Waals surface area contributed by atoms with Crippen molar-refractivity contribution in [2.45, 2.75) is 25.0 Å². The lowest BCUT2D eigenvalue weighted by atomic mass is 9.97. The van der Waals surface area contributed by atoms with Crippen LogP contribution in [0.25, 0.3) is 0 Å². The first kappa shape index (κ1) is 13.1. The Hall–Kier alpha value is -0.940. The van der Waals surface area contributed by atoms with Gasteiger partial charge in [-0.05, 0) is 11.1 Å². The minimum atomic E-state index is -0.785. The van der Waals surface area contributed by atoms with Crippen molar-refractivity contribution < 1.29 is 20.4 Å². The Morgan fingerprint density at radius 1 is 0.812 bits per heavy atom. The van der Waals surface area contributed by atoms with Crippen molar-refractivity contribution in [1.82, 2.24) is 0 Å². The summed E-state index contributed by atoms with van der Waals surface area (Å²) in [5.41, 5.74) is 1.77. The van der Waals surface area contributed by atoms with Crippen LogP contribution in [0.2, 0.25) is 0 Å². The molecule has 2 unspecified atom stereocenters. The lowest BCUT2D eigenvalue weighted by molar-refractivity contribution is 0.0912. The molecule has 0 aliphatic rings. The summed E-state index contributed by atoms with van der Waals surface area (Å²) in [6.45, 7) is -0.562. The standard InChI is InChI=1S/C12H18O4/c13-7-11(15)5-9-3-1-2-4-10(9)6-12(16)8-14/h1-4,11-16H,5-8H2. The SMILES string of the molecule is OCC(O)Cc1ccccc1CC(O)CO. The van der Waals surface area contributed by atoms with Crippen molar-refractivity contribution in [1.29, 1.82) is 0 Å². The molecule has 0 radical (unpaired) electrons. The van der Waals surface area contributed by atoms with Crippen LogP contribution >= 0.6 is 0 Å². The summed E-state index contributed by atoms with van der Waals surface area (Å²) in [5.74, 6) is 0. The highest BCUT2D eigenvalue weighted by atomic mass is 16.3. The van der Waals surface area contributed by atoms with Gasteiger partial charge in [0.15, 0.2) is 0 Å². The maximum atomic E-state index is 9.37. The highest BCUT2D eigenvalue weighted by molar-refractivity contribution is 5.28. The molecule has 0 amide bonds. The van der Waals surface area contributed by atoms with Gasteiger partial charge >= 0.3 is 0 Å². The van der Waals surface area contributed by atoms with Crippen LogP contribution in [-0.2, 0) is 12.8 Å². The molecule has 0 aliphatic carbocycles. The fourth-order valence-electron chi connectivity index (χ4n) is 1.59. The smallest absolute Gasteiger partial charge is 0.0811 e. The zero-order valence-corrected chi connectivity index (χ0v) is 9.08. The van der Waals surface area contributed by atoms with Crippen LogP contribution in [0.4, 0.5) is 0 Å². The van der Waals surface area contributed by atoms with Gasteiger partial charge in [0.1, 0.15) is 0 Å². The third-order valence-electron chi connectivity index (χ3n) is 2.45. The third kappa shape index (κ3) is 3.90. The molecule has 0 heterocycles. The van der Waals surface area contributed by atoms with Crippen LogP contribution in [0.5, 0.6) is 0 Å². The predicted octanol–water partition coefficient (Wildman–Crippen LogP) is -0.522. The lowest BCUT2D eigenvalue weighted by Crippen LogP contribution is -2.19. The van der Waals surface area contributed by atoms with E-state index in [1.807, 2.05) is 24.3 Å². The Kier molecular flexibility index (Phi) is 5.42. The molecule has 0 saturated heterocycles.